The van der Waals surface area contributed by atoms with Gasteiger partial charge >= 0.3 is 0 Å². The minimum atomic E-state index is 0.300. The Morgan fingerprint density at radius 3 is 2.94 bits per heavy atom. The van der Waals surface area contributed by atoms with E-state index in [1.165, 1.54) is 30.4 Å². The van der Waals surface area contributed by atoms with Crippen LogP contribution in [0.2, 0.25) is 0 Å². The molecule has 0 aromatic heterocycles. The van der Waals surface area contributed by atoms with Gasteiger partial charge in [-0.25, -0.2) is 0 Å². The number of fused-ring (bicyclic) bond motifs is 1. The Kier molecular flexibility index (Phi) is 3.52. The van der Waals surface area contributed by atoms with Gasteiger partial charge in [-0.1, -0.05) is 38.0 Å². The summed E-state index contributed by atoms with van der Waals surface area (Å²) in [6.07, 6.45) is 12.6. The molecule has 0 fully saturated rings. The van der Waals surface area contributed by atoms with Crippen LogP contribution in [0.3, 0.4) is 0 Å². The van der Waals surface area contributed by atoms with Gasteiger partial charge < -0.3 is 4.74 Å². The summed E-state index contributed by atoms with van der Waals surface area (Å²) in [7, 11) is 0. The van der Waals surface area contributed by atoms with E-state index in [0.717, 1.165) is 5.92 Å². The van der Waals surface area contributed by atoms with Crippen LogP contribution in [0.1, 0.15) is 40.0 Å². The molecule has 3 unspecified atom stereocenters. The Morgan fingerprint density at radius 1 is 1.38 bits per heavy atom. The van der Waals surface area contributed by atoms with E-state index in [1.807, 2.05) is 6.26 Å². The van der Waals surface area contributed by atoms with Gasteiger partial charge in [0.05, 0.1) is 6.26 Å². The fourth-order valence-corrected chi connectivity index (χ4v) is 2.40. The average molecular weight is 218 g/mol. The maximum atomic E-state index is 5.72. The first-order chi connectivity index (χ1) is 7.72. The van der Waals surface area contributed by atoms with Crippen molar-refractivity contribution in [1.29, 1.82) is 0 Å². The molecule has 88 valence electrons. The van der Waals surface area contributed by atoms with E-state index in [2.05, 4.69) is 39.0 Å². The quantitative estimate of drug-likeness (QED) is 0.686. The highest BCUT2D eigenvalue weighted by atomic mass is 16.5. The predicted octanol–water partition coefficient (Wildman–Crippen LogP) is 4.23. The molecule has 0 saturated carbocycles. The molecule has 0 amide bonds. The zero-order valence-corrected chi connectivity index (χ0v) is 10.6. The first kappa shape index (κ1) is 11.5. The lowest BCUT2D eigenvalue weighted by Gasteiger charge is -2.26. The van der Waals surface area contributed by atoms with Crippen LogP contribution in [-0.2, 0) is 4.74 Å². The Morgan fingerprint density at radius 2 is 2.19 bits per heavy atom. The summed E-state index contributed by atoms with van der Waals surface area (Å²) in [5, 5.41) is 0. The Bertz CT molecular complexity index is 335. The Balaban J connectivity index is 1.99. The number of rotatable bonds is 4. The number of ether oxygens (including phenoxy) is 1. The van der Waals surface area contributed by atoms with E-state index in [4.69, 9.17) is 4.74 Å². The maximum Gasteiger partial charge on any atom is 0.129 e. The van der Waals surface area contributed by atoms with Crippen molar-refractivity contribution in [3.05, 3.63) is 35.6 Å². The average Bonchev–Trinajstić information content (AvgIpc) is 2.77. The molecule has 0 N–H and O–H groups in total. The van der Waals surface area contributed by atoms with Gasteiger partial charge in [0.1, 0.15) is 6.10 Å². The fourth-order valence-electron chi connectivity index (χ4n) is 2.40. The first-order valence-corrected chi connectivity index (χ1v) is 6.41. The molecule has 2 aliphatic rings. The van der Waals surface area contributed by atoms with E-state index in [1.54, 1.807) is 0 Å². The molecule has 0 aromatic rings. The largest absolute Gasteiger partial charge is 0.493 e. The summed E-state index contributed by atoms with van der Waals surface area (Å²) in [5.74, 6) is 1.32. The summed E-state index contributed by atoms with van der Waals surface area (Å²) < 4.78 is 5.72. The second-order valence-electron chi connectivity index (χ2n) is 5.12. The topological polar surface area (TPSA) is 9.23 Å². The fraction of sp³-hybridized carbons (Fsp3) is 0.600. The van der Waals surface area contributed by atoms with E-state index in [9.17, 15) is 0 Å². The molecular formula is C15H22O. The van der Waals surface area contributed by atoms with Crippen LogP contribution in [0.15, 0.2) is 35.6 Å². The summed E-state index contributed by atoms with van der Waals surface area (Å²) in [5.41, 5.74) is 2.90. The lowest BCUT2D eigenvalue weighted by atomic mass is 9.83. The number of hydrogen-bond donors (Lipinski definition) is 0. The number of allylic oxidation sites excluding steroid dienone is 2. The second-order valence-corrected chi connectivity index (χ2v) is 5.12. The molecule has 0 radical (unpaired) electrons. The van der Waals surface area contributed by atoms with Gasteiger partial charge in [-0.2, -0.15) is 0 Å². The zero-order valence-electron chi connectivity index (χ0n) is 10.6. The molecule has 1 heterocycles. The second kappa shape index (κ2) is 4.90. The van der Waals surface area contributed by atoms with Gasteiger partial charge in [-0.3, -0.25) is 0 Å². The van der Waals surface area contributed by atoms with Crippen molar-refractivity contribution < 1.29 is 4.74 Å². The SMILES string of the molecule is CCC(C)CCC1=CC=C(C)C2C=COC12. The molecule has 0 bridgehead atoms. The molecule has 1 heteroatoms. The van der Waals surface area contributed by atoms with Gasteiger partial charge in [0.2, 0.25) is 0 Å². The smallest absolute Gasteiger partial charge is 0.129 e. The van der Waals surface area contributed by atoms with Crippen molar-refractivity contribution in [2.24, 2.45) is 11.8 Å². The summed E-state index contributed by atoms with van der Waals surface area (Å²) >= 11 is 0. The van der Waals surface area contributed by atoms with Crippen LogP contribution < -0.4 is 0 Å². The Labute approximate surface area is 98.9 Å². The summed E-state index contributed by atoms with van der Waals surface area (Å²) in [6, 6.07) is 0. The van der Waals surface area contributed by atoms with E-state index < -0.39 is 0 Å². The van der Waals surface area contributed by atoms with Crippen LogP contribution in [0, 0.1) is 11.8 Å². The minimum Gasteiger partial charge on any atom is -0.493 e. The molecule has 3 atom stereocenters. The standard InChI is InChI=1S/C15H22O/c1-4-11(2)5-7-13-8-6-12(3)14-9-10-16-15(13)14/h6,8-11,14-15H,4-5,7H2,1-3H3. The van der Waals surface area contributed by atoms with Crippen LogP contribution in [0.25, 0.3) is 0 Å². The molecule has 0 saturated heterocycles. The number of hydrogen-bond acceptors (Lipinski definition) is 1. The van der Waals surface area contributed by atoms with Crippen LogP contribution in [0.5, 0.6) is 0 Å². The lowest BCUT2D eigenvalue weighted by Crippen LogP contribution is -2.23. The van der Waals surface area contributed by atoms with E-state index >= 15 is 0 Å². The first-order valence-electron chi connectivity index (χ1n) is 6.41. The van der Waals surface area contributed by atoms with Crippen molar-refractivity contribution in [3.8, 4) is 0 Å². The van der Waals surface area contributed by atoms with Crippen LogP contribution in [-0.4, -0.2) is 6.10 Å². The highest BCUT2D eigenvalue weighted by molar-refractivity contribution is 5.34. The molecule has 0 spiro atoms. The molecule has 1 aliphatic heterocycles. The molecule has 0 aromatic carbocycles. The van der Waals surface area contributed by atoms with Crippen molar-refractivity contribution in [1.82, 2.24) is 0 Å². The molecular weight excluding hydrogens is 196 g/mol. The maximum absolute atomic E-state index is 5.72. The molecule has 16 heavy (non-hydrogen) atoms. The van der Waals surface area contributed by atoms with Gasteiger partial charge in [-0.05, 0) is 37.3 Å². The van der Waals surface area contributed by atoms with Crippen molar-refractivity contribution in [2.45, 2.75) is 46.1 Å². The lowest BCUT2D eigenvalue weighted by molar-refractivity contribution is 0.172. The van der Waals surface area contributed by atoms with Crippen LogP contribution in [0.4, 0.5) is 0 Å². The van der Waals surface area contributed by atoms with E-state index in [-0.39, 0.29) is 0 Å². The third kappa shape index (κ3) is 2.23. The van der Waals surface area contributed by atoms with Gasteiger partial charge in [0, 0.05) is 5.92 Å². The highest BCUT2D eigenvalue weighted by Gasteiger charge is 2.30. The molecule has 1 nitrogen and oxygen atoms in total. The minimum absolute atomic E-state index is 0.300. The van der Waals surface area contributed by atoms with E-state index in [0.29, 0.717) is 12.0 Å². The molecule has 2 rings (SSSR count). The Hall–Kier alpha value is -0.980. The predicted molar refractivity (Wildman–Crippen MR) is 68.0 cm³/mol. The third-order valence-corrected chi connectivity index (χ3v) is 3.91. The van der Waals surface area contributed by atoms with Gasteiger partial charge in [-0.15, -0.1) is 0 Å². The summed E-state index contributed by atoms with van der Waals surface area (Å²) in [6.45, 7) is 6.79. The molecule has 1 aliphatic carbocycles. The van der Waals surface area contributed by atoms with Crippen LogP contribution >= 0.6 is 0 Å². The monoisotopic (exact) mass is 218 g/mol. The highest BCUT2D eigenvalue weighted by Crippen LogP contribution is 2.35. The summed E-state index contributed by atoms with van der Waals surface area (Å²) in [4.78, 5) is 0. The van der Waals surface area contributed by atoms with Crippen molar-refractivity contribution in [3.63, 3.8) is 0 Å². The van der Waals surface area contributed by atoms with Gasteiger partial charge in [0.15, 0.2) is 0 Å². The third-order valence-electron chi connectivity index (χ3n) is 3.91. The normalized spacial score (nSPS) is 29.2. The van der Waals surface area contributed by atoms with Crippen molar-refractivity contribution >= 4 is 0 Å². The zero-order chi connectivity index (χ0) is 11.5. The van der Waals surface area contributed by atoms with Crippen molar-refractivity contribution in [2.75, 3.05) is 0 Å². The van der Waals surface area contributed by atoms with Gasteiger partial charge in [0.25, 0.3) is 0 Å².